The first kappa shape index (κ1) is 30.3. The van der Waals surface area contributed by atoms with Crippen LogP contribution in [0.1, 0.15) is 78.1 Å². The fourth-order valence-corrected chi connectivity index (χ4v) is 6.66. The number of nitrogens with one attached hydrogen (secondary N) is 2. The summed E-state index contributed by atoms with van der Waals surface area (Å²) in [5.41, 5.74) is 11.0. The average molecular weight is 607 g/mol. The van der Waals surface area contributed by atoms with Gasteiger partial charge in [-0.1, -0.05) is 25.3 Å². The van der Waals surface area contributed by atoms with Crippen molar-refractivity contribution in [3.05, 3.63) is 88.5 Å². The van der Waals surface area contributed by atoms with E-state index in [9.17, 15) is 9.59 Å². The van der Waals surface area contributed by atoms with Crippen LogP contribution in [0.5, 0.6) is 0 Å². The summed E-state index contributed by atoms with van der Waals surface area (Å²) in [6, 6.07) is 8.08. The topological polar surface area (TPSA) is 122 Å². The molecule has 3 aromatic rings. The number of aromatic nitrogens is 4. The Kier molecular flexibility index (Phi) is 7.40. The van der Waals surface area contributed by atoms with Crippen LogP contribution >= 0.6 is 0 Å². The molecule has 6 heterocycles. The summed E-state index contributed by atoms with van der Waals surface area (Å²) in [7, 11) is 2.79. The number of epoxide rings is 1. The second-order valence-electron chi connectivity index (χ2n) is 11.9. The number of aromatic amines is 2. The highest BCUT2D eigenvalue weighted by Gasteiger charge is 2.72. The van der Waals surface area contributed by atoms with Gasteiger partial charge in [0.2, 0.25) is 0 Å². The van der Waals surface area contributed by atoms with Gasteiger partial charge in [0.1, 0.15) is 5.60 Å². The summed E-state index contributed by atoms with van der Waals surface area (Å²) in [6.07, 6.45) is 5.05. The largest absolute Gasteiger partial charge is 0.469 e. The molecule has 1 saturated heterocycles. The molecule has 3 aromatic heterocycles. The van der Waals surface area contributed by atoms with Gasteiger partial charge in [-0.15, -0.1) is 0 Å². The molecule has 1 fully saturated rings. The Morgan fingerprint density at radius 1 is 0.844 bits per heavy atom. The molecular formula is C36H38N4O5. The number of rotatable bonds is 8. The zero-order valence-electron chi connectivity index (χ0n) is 26.6. The van der Waals surface area contributed by atoms with Gasteiger partial charge in [0.05, 0.1) is 37.0 Å². The number of carbonyl (C=O) groups is 2. The molecule has 2 N–H and O–H groups in total. The van der Waals surface area contributed by atoms with Gasteiger partial charge < -0.3 is 24.2 Å². The molecule has 9 heteroatoms. The number of fused-ring (bicyclic) bond motifs is 11. The Labute approximate surface area is 262 Å². The number of esters is 2. The molecule has 3 aliphatic heterocycles. The van der Waals surface area contributed by atoms with E-state index in [1.54, 1.807) is 0 Å². The lowest BCUT2D eigenvalue weighted by Crippen LogP contribution is -2.10. The summed E-state index contributed by atoms with van der Waals surface area (Å²) in [4.78, 5) is 41.7. The van der Waals surface area contributed by atoms with Crippen LogP contribution in [0.2, 0.25) is 0 Å². The molecule has 0 radical (unpaired) electrons. The van der Waals surface area contributed by atoms with E-state index < -0.39 is 11.2 Å². The maximum absolute atomic E-state index is 12.2. The van der Waals surface area contributed by atoms with Gasteiger partial charge in [0.15, 0.2) is 5.60 Å². The second kappa shape index (κ2) is 11.0. The first-order valence-corrected chi connectivity index (χ1v) is 15.1. The van der Waals surface area contributed by atoms with Crippen molar-refractivity contribution < 1.29 is 23.8 Å². The third-order valence-corrected chi connectivity index (χ3v) is 9.58. The highest BCUT2D eigenvalue weighted by atomic mass is 16.6. The van der Waals surface area contributed by atoms with Crippen molar-refractivity contribution in [1.29, 1.82) is 0 Å². The van der Waals surface area contributed by atoms with Crippen molar-refractivity contribution >= 4 is 51.2 Å². The number of H-pyrrole nitrogens is 2. The quantitative estimate of drug-likeness (QED) is 0.163. The minimum Gasteiger partial charge on any atom is -0.469 e. The van der Waals surface area contributed by atoms with Crippen LogP contribution in [0.25, 0.3) is 39.3 Å². The van der Waals surface area contributed by atoms with Crippen LogP contribution in [0.3, 0.4) is 0 Å². The Bertz CT molecular complexity index is 2000. The highest BCUT2D eigenvalue weighted by Crippen LogP contribution is 2.65. The molecule has 0 spiro atoms. The molecule has 3 aliphatic rings. The summed E-state index contributed by atoms with van der Waals surface area (Å²) >= 11 is 0. The molecular weight excluding hydrogens is 568 g/mol. The van der Waals surface area contributed by atoms with Crippen molar-refractivity contribution in [1.82, 2.24) is 19.9 Å². The van der Waals surface area contributed by atoms with E-state index >= 15 is 0 Å². The minimum absolute atomic E-state index is 0.225. The van der Waals surface area contributed by atoms with Gasteiger partial charge in [-0.25, -0.2) is 4.98 Å². The van der Waals surface area contributed by atoms with Gasteiger partial charge in [-0.05, 0) is 92.6 Å². The van der Waals surface area contributed by atoms with Crippen molar-refractivity contribution in [3.63, 3.8) is 0 Å². The molecule has 9 nitrogen and oxygen atoms in total. The normalized spacial score (nSPS) is 20.0. The lowest BCUT2D eigenvalue weighted by molar-refractivity contribution is -0.141. The van der Waals surface area contributed by atoms with E-state index in [1.165, 1.54) is 14.2 Å². The van der Waals surface area contributed by atoms with E-state index in [2.05, 4.69) is 30.0 Å². The summed E-state index contributed by atoms with van der Waals surface area (Å²) in [5, 5.41) is 0. The van der Waals surface area contributed by atoms with Crippen molar-refractivity contribution in [2.24, 2.45) is 0 Å². The van der Waals surface area contributed by atoms with Crippen LogP contribution in [0, 0.1) is 13.8 Å². The van der Waals surface area contributed by atoms with Gasteiger partial charge >= 0.3 is 11.9 Å². The van der Waals surface area contributed by atoms with Gasteiger partial charge in [0.25, 0.3) is 0 Å². The van der Waals surface area contributed by atoms with Crippen LogP contribution < -0.4 is 0 Å². The molecule has 0 saturated carbocycles. The van der Waals surface area contributed by atoms with Gasteiger partial charge in [-0.3, -0.25) is 14.6 Å². The molecule has 2 unspecified atom stereocenters. The predicted molar refractivity (Wildman–Crippen MR) is 175 cm³/mol. The van der Waals surface area contributed by atoms with Crippen LogP contribution in [-0.2, 0) is 41.4 Å². The van der Waals surface area contributed by atoms with E-state index in [0.717, 1.165) is 78.2 Å². The fraction of sp³-hybridized carbons (Fsp3) is 0.333. The molecule has 2 atom stereocenters. The SMILES string of the molecule is C=Cc1c(C)c2cc3nc(cc4[nH]c(cc5nc(cc1[nH]2)C1(C)OC51C=C)c(C)c4CCC(=O)OC)C(CCC(=O)OC)=C3C. The molecule has 8 bridgehead atoms. The molecule has 45 heavy (non-hydrogen) atoms. The number of methoxy groups -OCH3 is 2. The molecule has 6 rings (SSSR count). The van der Waals surface area contributed by atoms with Gasteiger partial charge in [-0.2, -0.15) is 0 Å². The number of carbonyl (C=O) groups excluding carboxylic acids is 2. The smallest absolute Gasteiger partial charge is 0.305 e. The molecule has 232 valence electrons. The summed E-state index contributed by atoms with van der Waals surface area (Å²) < 4.78 is 16.3. The highest BCUT2D eigenvalue weighted by molar-refractivity contribution is 5.94. The van der Waals surface area contributed by atoms with Crippen molar-refractivity contribution in [3.8, 4) is 0 Å². The lowest BCUT2D eigenvalue weighted by atomic mass is 9.91. The number of hydrogen-bond acceptors (Lipinski definition) is 7. The van der Waals surface area contributed by atoms with Crippen LogP contribution in [0.4, 0.5) is 0 Å². The van der Waals surface area contributed by atoms with E-state index in [-0.39, 0.29) is 24.8 Å². The van der Waals surface area contributed by atoms with Crippen molar-refractivity contribution in [2.45, 2.75) is 64.6 Å². The number of aryl methyl sites for hydroxylation is 3. The van der Waals surface area contributed by atoms with Crippen LogP contribution in [-0.4, -0.2) is 46.1 Å². The predicted octanol–water partition coefficient (Wildman–Crippen LogP) is 6.89. The first-order chi connectivity index (χ1) is 21.5. The Balaban J connectivity index is 1.71. The van der Waals surface area contributed by atoms with Crippen LogP contribution in [0.15, 0.2) is 43.5 Å². The Morgan fingerprint density at radius 3 is 2.13 bits per heavy atom. The molecule has 0 aliphatic carbocycles. The Hall–Kier alpha value is -4.76. The monoisotopic (exact) mass is 606 g/mol. The maximum Gasteiger partial charge on any atom is 0.305 e. The number of hydrogen-bond donors (Lipinski definition) is 2. The number of allylic oxidation sites excluding steroid dienone is 2. The van der Waals surface area contributed by atoms with E-state index in [4.69, 9.17) is 24.2 Å². The van der Waals surface area contributed by atoms with E-state index in [1.807, 2.05) is 57.2 Å². The third-order valence-electron chi connectivity index (χ3n) is 9.58. The number of ether oxygens (including phenoxy) is 3. The number of nitrogens with zero attached hydrogens (tertiary/aromatic N) is 2. The minimum atomic E-state index is -0.759. The standard InChI is InChI=1S/C36H38N4O5/c1-9-22-19(3)25-15-26-20(4)23(11-13-33(41)43-7)28(37-26)16-29-24(12-14-34(42)44-8)21(5)27(39-29)17-32-36(10-2)35(6,45-36)31(40-32)18-30(22)38-25/h9-10,15-18,38-39H,1-2,11-14H2,3-8H3. The first-order valence-electron chi connectivity index (χ1n) is 15.1. The van der Waals surface area contributed by atoms with Crippen molar-refractivity contribution in [2.75, 3.05) is 14.2 Å². The Morgan fingerprint density at radius 2 is 1.47 bits per heavy atom. The summed E-state index contributed by atoms with van der Waals surface area (Å²) in [5.74, 6) is -0.572. The third kappa shape index (κ3) is 4.73. The molecule has 0 amide bonds. The zero-order valence-corrected chi connectivity index (χ0v) is 26.6. The average Bonchev–Trinajstić information content (AvgIpc) is 3.16. The molecule has 0 aromatic carbocycles. The second-order valence-corrected chi connectivity index (χ2v) is 11.9. The van der Waals surface area contributed by atoms with Gasteiger partial charge in [0, 0.05) is 40.5 Å². The zero-order chi connectivity index (χ0) is 32.3. The van der Waals surface area contributed by atoms with E-state index in [0.29, 0.717) is 12.8 Å². The fourth-order valence-electron chi connectivity index (χ4n) is 6.66. The lowest BCUT2D eigenvalue weighted by Gasteiger charge is -2.04. The summed E-state index contributed by atoms with van der Waals surface area (Å²) in [6.45, 7) is 16.3. The maximum atomic E-state index is 12.2.